The first-order valence-corrected chi connectivity index (χ1v) is 7.68. The second kappa shape index (κ2) is 6.88. The third-order valence-electron chi connectivity index (χ3n) is 3.84. The number of hydrogen-bond acceptors (Lipinski definition) is 8. The lowest BCUT2D eigenvalue weighted by Crippen LogP contribution is -2.31. The number of esters is 2. The Labute approximate surface area is 142 Å². The highest BCUT2D eigenvalue weighted by atomic mass is 19.1. The highest BCUT2D eigenvalue weighted by Gasteiger charge is 2.25. The number of rotatable bonds is 4. The lowest BCUT2D eigenvalue weighted by molar-refractivity contribution is 0.0480. The van der Waals surface area contributed by atoms with Crippen LogP contribution in [0, 0.1) is 5.82 Å². The van der Waals surface area contributed by atoms with E-state index in [0.717, 1.165) is 5.56 Å². The molecule has 1 aliphatic rings. The molecule has 8 nitrogen and oxygen atoms in total. The monoisotopic (exact) mass is 349 g/mol. The van der Waals surface area contributed by atoms with Crippen LogP contribution in [0.2, 0.25) is 0 Å². The van der Waals surface area contributed by atoms with Gasteiger partial charge in [0.15, 0.2) is 0 Å². The van der Waals surface area contributed by atoms with Crippen LogP contribution in [0.5, 0.6) is 0 Å². The molecule has 0 N–H and O–H groups in total. The number of methoxy groups -OCH3 is 1. The van der Waals surface area contributed by atoms with Gasteiger partial charge in [-0.25, -0.2) is 14.0 Å². The third-order valence-corrected chi connectivity index (χ3v) is 3.84. The van der Waals surface area contributed by atoms with Gasteiger partial charge in [0.2, 0.25) is 0 Å². The van der Waals surface area contributed by atoms with Gasteiger partial charge in [0.25, 0.3) is 0 Å². The van der Waals surface area contributed by atoms with Crippen molar-refractivity contribution in [2.24, 2.45) is 0 Å². The minimum atomic E-state index is -0.710. The van der Waals surface area contributed by atoms with Crippen molar-refractivity contribution in [1.29, 1.82) is 0 Å². The fraction of sp³-hybridized carbons (Fsp3) is 0.375. The quantitative estimate of drug-likeness (QED) is 0.770. The van der Waals surface area contributed by atoms with Gasteiger partial charge in [-0.15, -0.1) is 0 Å². The van der Waals surface area contributed by atoms with Crippen LogP contribution in [0.1, 0.15) is 39.1 Å². The number of carbonyl (C=O) groups is 2. The molecule has 0 saturated heterocycles. The third kappa shape index (κ3) is 3.30. The zero-order valence-electron chi connectivity index (χ0n) is 13.7. The topological polar surface area (TPSA) is 94.8 Å². The Hall–Kier alpha value is -2.97. The molecular weight excluding hydrogens is 333 g/mol. The van der Waals surface area contributed by atoms with Gasteiger partial charge in [-0.1, -0.05) is 10.2 Å². The Morgan fingerprint density at radius 2 is 2.08 bits per heavy atom. The molecule has 0 amide bonds. The number of nitrogens with zero attached hydrogens (tertiary/aromatic N) is 3. The van der Waals surface area contributed by atoms with Crippen LogP contribution in [0.25, 0.3) is 0 Å². The number of anilines is 1. The second-order valence-corrected chi connectivity index (χ2v) is 5.37. The van der Waals surface area contributed by atoms with Crippen LogP contribution in [-0.4, -0.2) is 42.4 Å². The molecule has 1 aromatic carbocycles. The zero-order valence-corrected chi connectivity index (χ0v) is 13.7. The van der Waals surface area contributed by atoms with Crippen molar-refractivity contribution < 1.29 is 27.9 Å². The van der Waals surface area contributed by atoms with Crippen molar-refractivity contribution in [3.05, 3.63) is 40.5 Å². The summed E-state index contributed by atoms with van der Waals surface area (Å²) >= 11 is 0. The molecule has 3 rings (SSSR count). The summed E-state index contributed by atoms with van der Waals surface area (Å²) in [7, 11) is 1.21. The van der Waals surface area contributed by atoms with Gasteiger partial charge >= 0.3 is 23.8 Å². The van der Waals surface area contributed by atoms with E-state index >= 15 is 0 Å². The van der Waals surface area contributed by atoms with E-state index in [1.807, 2.05) is 0 Å². The molecule has 0 fully saturated rings. The van der Waals surface area contributed by atoms with Crippen LogP contribution in [0.3, 0.4) is 0 Å². The summed E-state index contributed by atoms with van der Waals surface area (Å²) in [5, 5.41) is 7.50. The van der Waals surface area contributed by atoms with E-state index < -0.39 is 17.8 Å². The predicted molar refractivity (Wildman–Crippen MR) is 82.7 cm³/mol. The SMILES string of the molecule is CCOC(=O)c1nnc(N2CCc3cc(C(=O)OC)c(F)cc3C2)o1. The molecule has 2 heterocycles. The van der Waals surface area contributed by atoms with E-state index in [0.29, 0.717) is 25.1 Å². The van der Waals surface area contributed by atoms with Gasteiger partial charge in [-0.3, -0.25) is 0 Å². The van der Waals surface area contributed by atoms with Gasteiger partial charge in [0, 0.05) is 13.1 Å². The fourth-order valence-corrected chi connectivity index (χ4v) is 2.63. The predicted octanol–water partition coefficient (Wildman–Crippen LogP) is 1.73. The minimum Gasteiger partial charge on any atom is -0.465 e. The highest BCUT2D eigenvalue weighted by Crippen LogP contribution is 2.26. The molecule has 0 saturated carbocycles. The molecule has 1 aliphatic heterocycles. The molecule has 0 spiro atoms. The molecule has 132 valence electrons. The smallest absolute Gasteiger partial charge is 0.396 e. The molecule has 1 aromatic heterocycles. The number of fused-ring (bicyclic) bond motifs is 1. The van der Waals surface area contributed by atoms with E-state index in [2.05, 4.69) is 14.9 Å². The minimum absolute atomic E-state index is 0.0860. The van der Waals surface area contributed by atoms with Crippen molar-refractivity contribution >= 4 is 18.0 Å². The summed E-state index contributed by atoms with van der Waals surface area (Å²) in [6.07, 6.45) is 0.552. The summed E-state index contributed by atoms with van der Waals surface area (Å²) < 4.78 is 28.8. The van der Waals surface area contributed by atoms with E-state index in [1.54, 1.807) is 11.8 Å². The summed E-state index contributed by atoms with van der Waals surface area (Å²) in [6, 6.07) is 2.97. The molecule has 2 aromatic rings. The first kappa shape index (κ1) is 16.9. The van der Waals surface area contributed by atoms with Crippen molar-refractivity contribution in [2.45, 2.75) is 19.9 Å². The van der Waals surface area contributed by atoms with Crippen molar-refractivity contribution in [2.75, 3.05) is 25.2 Å². The molecule has 25 heavy (non-hydrogen) atoms. The second-order valence-electron chi connectivity index (χ2n) is 5.37. The van der Waals surface area contributed by atoms with Crippen molar-refractivity contribution in [3.63, 3.8) is 0 Å². The van der Waals surface area contributed by atoms with Gasteiger partial charge in [-0.05, 0) is 36.6 Å². The maximum atomic E-state index is 14.1. The summed E-state index contributed by atoms with van der Waals surface area (Å²) in [5.74, 6) is -2.27. The summed E-state index contributed by atoms with van der Waals surface area (Å²) in [5.41, 5.74) is 1.47. The van der Waals surface area contributed by atoms with Gasteiger partial charge < -0.3 is 18.8 Å². The van der Waals surface area contributed by atoms with E-state index in [9.17, 15) is 14.0 Å². The normalized spacial score (nSPS) is 13.3. The maximum Gasteiger partial charge on any atom is 0.396 e. The highest BCUT2D eigenvalue weighted by molar-refractivity contribution is 5.90. The molecule has 9 heteroatoms. The number of benzene rings is 1. The van der Waals surface area contributed by atoms with Crippen LogP contribution in [-0.2, 0) is 22.4 Å². The fourth-order valence-electron chi connectivity index (χ4n) is 2.63. The van der Waals surface area contributed by atoms with Gasteiger partial charge in [-0.2, -0.15) is 0 Å². The average molecular weight is 349 g/mol. The summed E-state index contributed by atoms with van der Waals surface area (Å²) in [6.45, 7) is 2.71. The molecule has 0 unspecified atom stereocenters. The molecule has 0 atom stereocenters. The van der Waals surface area contributed by atoms with Crippen LogP contribution in [0.4, 0.5) is 10.4 Å². The lowest BCUT2D eigenvalue weighted by Gasteiger charge is -2.27. The van der Waals surface area contributed by atoms with Crippen LogP contribution >= 0.6 is 0 Å². The number of halogens is 1. The Kier molecular flexibility index (Phi) is 4.64. The number of carbonyl (C=O) groups excluding carboxylic acids is 2. The number of ether oxygens (including phenoxy) is 2. The molecular formula is C16H16FN3O5. The number of aromatic nitrogens is 2. The van der Waals surface area contributed by atoms with Gasteiger partial charge in [0.05, 0.1) is 19.3 Å². The average Bonchev–Trinajstić information content (AvgIpc) is 3.10. The van der Waals surface area contributed by atoms with E-state index in [1.165, 1.54) is 19.2 Å². The first-order valence-electron chi connectivity index (χ1n) is 7.68. The largest absolute Gasteiger partial charge is 0.465 e. The molecule has 0 bridgehead atoms. The van der Waals surface area contributed by atoms with E-state index in [4.69, 9.17) is 9.15 Å². The zero-order chi connectivity index (χ0) is 18.0. The number of hydrogen-bond donors (Lipinski definition) is 0. The summed E-state index contributed by atoms with van der Waals surface area (Å²) in [4.78, 5) is 24.9. The van der Waals surface area contributed by atoms with Gasteiger partial charge in [0.1, 0.15) is 5.82 Å². The van der Waals surface area contributed by atoms with Crippen molar-refractivity contribution in [3.8, 4) is 0 Å². The molecule has 0 aliphatic carbocycles. The molecule has 0 radical (unpaired) electrons. The standard InChI is InChI=1S/C16H16FN3O5/c1-3-24-15(22)13-18-19-16(25-13)20-5-4-9-6-11(14(21)23-2)12(17)7-10(9)8-20/h6-7H,3-5,8H2,1-2H3. The van der Waals surface area contributed by atoms with E-state index in [-0.39, 0.29) is 24.1 Å². The maximum absolute atomic E-state index is 14.1. The van der Waals surface area contributed by atoms with Crippen molar-refractivity contribution in [1.82, 2.24) is 10.2 Å². The lowest BCUT2D eigenvalue weighted by atomic mass is 9.97. The first-order chi connectivity index (χ1) is 12.0. The Morgan fingerprint density at radius 1 is 1.28 bits per heavy atom. The Balaban J connectivity index is 1.81. The van der Waals surface area contributed by atoms with Crippen LogP contribution in [0.15, 0.2) is 16.5 Å². The Bertz CT molecular complexity index is 820. The van der Waals surface area contributed by atoms with Crippen LogP contribution < -0.4 is 4.90 Å². The Morgan fingerprint density at radius 3 is 2.80 bits per heavy atom.